The largest absolute Gasteiger partial charge is 0.758 e. The van der Waals surface area contributed by atoms with Crippen LogP contribution in [0.4, 0.5) is 21.6 Å². The number of anilines is 3. The summed E-state index contributed by atoms with van der Waals surface area (Å²) in [5, 5.41) is 27.1. The maximum atomic E-state index is 14.9. The van der Waals surface area contributed by atoms with Gasteiger partial charge in [-0.2, -0.15) is 9.27 Å². The van der Waals surface area contributed by atoms with Crippen molar-refractivity contribution in [3.63, 3.8) is 0 Å². The molecule has 2 atom stereocenters. The number of aliphatic hydroxyl groups is 1. The smallest absolute Gasteiger partial charge is 0.279 e. The number of rotatable bonds is 19. The zero-order chi connectivity index (χ0) is 55.6. The number of hydrogen-bond acceptors (Lipinski definition) is 17. The first-order chi connectivity index (χ1) is 38.0. The molecule has 0 radical (unpaired) electrons. The average molecular weight is 1100 g/mol. The molecule has 79 heavy (non-hydrogen) atoms. The fourth-order valence-corrected chi connectivity index (χ4v) is 12.8. The summed E-state index contributed by atoms with van der Waals surface area (Å²) >= 11 is -2.29. The highest BCUT2D eigenvalue weighted by Gasteiger charge is 2.50. The number of nitrogens with one attached hydrogen (secondary N) is 3. The Bertz CT molecular complexity index is 3150. The number of carbonyl (C=O) groups excluding carboxylic acids is 1. The van der Waals surface area contributed by atoms with Gasteiger partial charge in [0.15, 0.2) is 11.5 Å². The van der Waals surface area contributed by atoms with Crippen LogP contribution in [0.1, 0.15) is 111 Å². The van der Waals surface area contributed by atoms with Gasteiger partial charge in [0.1, 0.15) is 23.0 Å². The first kappa shape index (κ1) is 55.7. The molecule has 2 aliphatic carbocycles. The van der Waals surface area contributed by atoms with Gasteiger partial charge in [0.25, 0.3) is 17.7 Å². The predicted molar refractivity (Wildman–Crippen MR) is 301 cm³/mol. The fraction of sp³-hybridized carbons (Fsp3) is 0.483. The molecule has 19 nitrogen and oxygen atoms in total. The van der Waals surface area contributed by atoms with Gasteiger partial charge in [-0.1, -0.05) is 38.1 Å². The Labute approximate surface area is 463 Å². The van der Waals surface area contributed by atoms with E-state index >= 15 is 0 Å². The highest BCUT2D eigenvalue weighted by molar-refractivity contribution is 7.80. The molecule has 2 saturated heterocycles. The van der Waals surface area contributed by atoms with E-state index in [1.807, 2.05) is 19.1 Å². The number of benzene rings is 2. The van der Waals surface area contributed by atoms with E-state index in [0.29, 0.717) is 59.8 Å². The minimum Gasteiger partial charge on any atom is -0.758 e. The number of methoxy groups -OCH3 is 3. The molecular weight excluding hydrogens is 1030 g/mol. The van der Waals surface area contributed by atoms with Crippen LogP contribution in [0.5, 0.6) is 29.0 Å². The second-order valence-electron chi connectivity index (χ2n) is 22.3. The third kappa shape index (κ3) is 12.1. The van der Waals surface area contributed by atoms with E-state index in [9.17, 15) is 23.7 Å². The van der Waals surface area contributed by atoms with Gasteiger partial charge in [-0.05, 0) is 118 Å². The van der Waals surface area contributed by atoms with Crippen LogP contribution in [0.25, 0.3) is 11.0 Å². The first-order valence-electron chi connectivity index (χ1n) is 27.2. The number of halogens is 1. The zero-order valence-corrected chi connectivity index (χ0v) is 46.9. The Morgan fingerprint density at radius 3 is 2.44 bits per heavy atom. The molecule has 6 heterocycles. The molecule has 2 saturated carbocycles. The maximum absolute atomic E-state index is 14.9. The SMILES string of the molecule is COc1nc2[nH]cc(F)c2cc1Oc1cc(N2CCC3(CC2)CC(N2CCN(Cc4ccnc(OC)c4OC)C[C@H]2c2ccccc2C(C)C)C3)ccc1C(=O)NOS(=O)c1cnc(NCC2CCC(C)(O)CC2)c(N(C)[O-])c1. The summed E-state index contributed by atoms with van der Waals surface area (Å²) in [7, 11) is 6.01. The third-order valence-corrected chi connectivity index (χ3v) is 17.6. The molecule has 4 fully saturated rings. The van der Waals surface area contributed by atoms with E-state index in [-0.39, 0.29) is 56.0 Å². The van der Waals surface area contributed by atoms with Gasteiger partial charge < -0.3 is 49.5 Å². The number of H-pyrrole nitrogens is 1. The zero-order valence-electron chi connectivity index (χ0n) is 46.1. The van der Waals surface area contributed by atoms with Crippen molar-refractivity contribution in [2.45, 2.75) is 107 Å². The van der Waals surface area contributed by atoms with Crippen LogP contribution in [0.15, 0.2) is 84.1 Å². The molecule has 1 amide bonds. The van der Waals surface area contributed by atoms with E-state index in [1.54, 1.807) is 32.5 Å². The first-order valence-corrected chi connectivity index (χ1v) is 28.3. The summed E-state index contributed by atoms with van der Waals surface area (Å²) < 4.78 is 57.3. The van der Waals surface area contributed by atoms with Crippen LogP contribution < -0.4 is 39.7 Å². The second kappa shape index (κ2) is 23.6. The molecule has 1 spiro atoms. The van der Waals surface area contributed by atoms with Crippen molar-refractivity contribution >= 4 is 45.2 Å². The molecule has 4 aliphatic rings. The van der Waals surface area contributed by atoms with Gasteiger partial charge in [0, 0.05) is 99.9 Å². The van der Waals surface area contributed by atoms with E-state index < -0.39 is 28.4 Å². The normalized spacial score (nSPS) is 21.2. The number of pyridine rings is 3. The maximum Gasteiger partial charge on any atom is 0.279 e. The molecule has 0 bridgehead atoms. The molecule has 6 aromatic rings. The van der Waals surface area contributed by atoms with Crippen LogP contribution in [0, 0.1) is 22.4 Å². The lowest BCUT2D eigenvalue weighted by Gasteiger charge is -2.58. The van der Waals surface area contributed by atoms with Gasteiger partial charge in [0.2, 0.25) is 11.1 Å². The predicted octanol–water partition coefficient (Wildman–Crippen LogP) is 9.41. The molecule has 21 heteroatoms. The van der Waals surface area contributed by atoms with E-state index in [2.05, 4.69) is 83.5 Å². The number of hydroxylamine groups is 2. The van der Waals surface area contributed by atoms with E-state index in [4.69, 9.17) is 23.2 Å². The number of aromatic amines is 1. The lowest BCUT2D eigenvalue weighted by Crippen LogP contribution is -2.60. The highest BCUT2D eigenvalue weighted by atomic mass is 32.2. The summed E-state index contributed by atoms with van der Waals surface area (Å²) in [6, 6.07) is 19.7. The van der Waals surface area contributed by atoms with Gasteiger partial charge in [0.05, 0.1) is 48.5 Å². The number of carbonyl (C=O) groups is 1. The number of fused-ring (bicyclic) bond motifs is 1. The average Bonchev–Trinajstić information content (AvgIpc) is 3.99. The number of hydrogen-bond donors (Lipinski definition) is 4. The highest BCUT2D eigenvalue weighted by Crippen LogP contribution is 2.54. The van der Waals surface area contributed by atoms with Crippen LogP contribution in [-0.2, 0) is 21.9 Å². The number of amides is 1. The van der Waals surface area contributed by atoms with Crippen molar-refractivity contribution in [2.24, 2.45) is 11.3 Å². The number of nitrogens with zero attached hydrogens (tertiary/aromatic N) is 7. The Hall–Kier alpha value is -6.62. The van der Waals surface area contributed by atoms with Crippen molar-refractivity contribution in [3.05, 3.63) is 113 Å². The monoisotopic (exact) mass is 1100 g/mol. The quantitative estimate of drug-likeness (QED) is 0.0556. The van der Waals surface area contributed by atoms with Gasteiger partial charge >= 0.3 is 0 Å². The second-order valence-corrected chi connectivity index (χ2v) is 23.4. The van der Waals surface area contributed by atoms with Crippen LogP contribution in [0.3, 0.4) is 0 Å². The minimum absolute atomic E-state index is 0.0305. The Balaban J connectivity index is 0.830. The molecule has 10 rings (SSSR count). The summed E-state index contributed by atoms with van der Waals surface area (Å²) in [6.45, 7) is 12.0. The molecule has 4 N–H and O–H groups in total. The van der Waals surface area contributed by atoms with E-state index in [0.717, 1.165) is 89.0 Å². The number of ether oxygens (including phenoxy) is 4. The third-order valence-electron chi connectivity index (χ3n) is 16.7. The molecule has 4 aromatic heterocycles. The van der Waals surface area contributed by atoms with Gasteiger partial charge in [-0.15, -0.1) is 0 Å². The topological polar surface area (TPSA) is 215 Å². The summed E-state index contributed by atoms with van der Waals surface area (Å²) in [4.78, 5) is 37.7. The van der Waals surface area contributed by atoms with E-state index in [1.165, 1.54) is 49.8 Å². The van der Waals surface area contributed by atoms with Crippen molar-refractivity contribution in [3.8, 4) is 29.0 Å². The van der Waals surface area contributed by atoms with Crippen LogP contribution in [-0.4, -0.2) is 124 Å². The fourth-order valence-electron chi connectivity index (χ4n) is 12.2. The number of piperidine rings is 1. The lowest BCUT2D eigenvalue weighted by atomic mass is 9.59. The minimum atomic E-state index is -2.29. The summed E-state index contributed by atoms with van der Waals surface area (Å²) in [6.07, 6.45) is 11.5. The lowest BCUT2D eigenvalue weighted by molar-refractivity contribution is -0.0628. The van der Waals surface area contributed by atoms with Crippen molar-refractivity contribution in [2.75, 3.05) is 82.9 Å². The van der Waals surface area contributed by atoms with Crippen LogP contribution in [0.2, 0.25) is 0 Å². The molecule has 2 aromatic carbocycles. The summed E-state index contributed by atoms with van der Waals surface area (Å²) in [5.74, 6) is 1.06. The van der Waals surface area contributed by atoms with Crippen molar-refractivity contribution in [1.29, 1.82) is 0 Å². The van der Waals surface area contributed by atoms with Crippen LogP contribution >= 0.6 is 0 Å². The van der Waals surface area contributed by atoms with Crippen molar-refractivity contribution in [1.82, 2.24) is 35.2 Å². The molecular formula is C58H72FN10O9S-. The Morgan fingerprint density at radius 2 is 1.72 bits per heavy atom. The van der Waals surface area contributed by atoms with Crippen molar-refractivity contribution < 1.29 is 41.7 Å². The number of aromatic nitrogens is 4. The summed E-state index contributed by atoms with van der Waals surface area (Å²) in [5.41, 5.74) is 6.90. The van der Waals surface area contributed by atoms with Gasteiger partial charge in [-0.25, -0.2) is 24.0 Å². The molecule has 1 unspecified atom stereocenters. The number of piperazine rings is 1. The molecule has 2 aliphatic heterocycles. The Morgan fingerprint density at radius 1 is 0.962 bits per heavy atom. The molecule has 422 valence electrons. The Kier molecular flexibility index (Phi) is 16.6. The standard InChI is InChI=1S/C58H72FN10O9S/c1-36(2)42-10-8-9-11-43(42)48-35-67(34-38-16-21-60-56(76-7)51(38)74-5)24-25-69(48)40-29-58(30-40)19-22-68(23-20-58)39-12-13-44(49(26-39)77-50-28-45-46(59)33-63-52(45)64-55(50)75-6)54(70)65-78-79(73)41-27-47(66(4)72)53(62-32-41)61-31-37-14-17-57(3,71)18-15-37/h8-13,16,21,26-28,32-33,36-37,40,48,71H,14-15,17-20,22-25,29-31,34-35H2,1-7H3,(H,61,62)(H,63,64)(H,65,70)/q-1/t37?,48-,57?,79?/m0/s1. The van der Waals surface area contributed by atoms with Gasteiger partial charge in [-0.3, -0.25) is 14.6 Å².